The van der Waals surface area contributed by atoms with E-state index in [4.69, 9.17) is 5.11 Å². The minimum absolute atomic E-state index is 2.72. The molecule has 0 aliphatic rings. The molecule has 0 atom stereocenters. The zero-order valence-corrected chi connectivity index (χ0v) is 12.1. The van der Waals surface area contributed by atoms with Gasteiger partial charge in [-0.2, -0.15) is 65.9 Å². The molecular formula is C10H3F15O3. The summed E-state index contributed by atoms with van der Waals surface area (Å²) in [6, 6.07) is 0. The summed E-state index contributed by atoms with van der Waals surface area (Å²) < 4.78 is 191. The second-order valence-electron chi connectivity index (χ2n) is 4.94. The van der Waals surface area contributed by atoms with Crippen LogP contribution in [0.4, 0.5) is 65.9 Å². The van der Waals surface area contributed by atoms with Crippen molar-refractivity contribution in [2.24, 2.45) is 0 Å². The molecule has 0 aliphatic heterocycles. The van der Waals surface area contributed by atoms with Crippen LogP contribution in [0.25, 0.3) is 0 Å². The predicted molar refractivity (Wildman–Crippen MR) is 53.0 cm³/mol. The number of hydrogen-bond donors (Lipinski definition) is 1. The van der Waals surface area contributed by atoms with Gasteiger partial charge in [0.15, 0.2) is 0 Å². The van der Waals surface area contributed by atoms with Crippen molar-refractivity contribution >= 4 is 11.8 Å². The van der Waals surface area contributed by atoms with Gasteiger partial charge >= 0.3 is 47.7 Å². The quantitative estimate of drug-likeness (QED) is 0.435. The van der Waals surface area contributed by atoms with Crippen molar-refractivity contribution in [3.8, 4) is 0 Å². The molecule has 0 bridgehead atoms. The molecule has 0 saturated carbocycles. The van der Waals surface area contributed by atoms with E-state index in [2.05, 4.69) is 0 Å². The Labute approximate surface area is 142 Å². The van der Waals surface area contributed by atoms with Gasteiger partial charge < -0.3 is 5.11 Å². The van der Waals surface area contributed by atoms with Crippen LogP contribution in [0.15, 0.2) is 0 Å². The van der Waals surface area contributed by atoms with Crippen LogP contribution in [0.5, 0.6) is 0 Å². The predicted octanol–water partition coefficient (Wildman–Crippen LogP) is 4.40. The first-order valence-corrected chi connectivity index (χ1v) is 5.92. The van der Waals surface area contributed by atoms with Crippen molar-refractivity contribution in [1.82, 2.24) is 0 Å². The van der Waals surface area contributed by atoms with Crippen molar-refractivity contribution in [3.05, 3.63) is 0 Å². The molecule has 0 spiro atoms. The fourth-order valence-corrected chi connectivity index (χ4v) is 1.39. The molecule has 0 aromatic heterocycles. The number of halogens is 15. The molecule has 0 amide bonds. The number of hydrogen-bond acceptors (Lipinski definition) is 2. The summed E-state index contributed by atoms with van der Waals surface area (Å²) in [5, 5.41) is 7.92. The van der Waals surface area contributed by atoms with Crippen LogP contribution >= 0.6 is 0 Å². The van der Waals surface area contributed by atoms with Crippen LogP contribution in [0, 0.1) is 0 Å². The first kappa shape index (κ1) is 26.1. The molecule has 0 aromatic carbocycles. The third-order valence-corrected chi connectivity index (χ3v) is 2.99. The zero-order valence-electron chi connectivity index (χ0n) is 12.1. The molecule has 166 valence electrons. The van der Waals surface area contributed by atoms with E-state index < -0.39 is 59.9 Å². The number of ketones is 1. The Morgan fingerprint density at radius 1 is 0.536 bits per heavy atom. The lowest BCUT2D eigenvalue weighted by atomic mass is 9.89. The molecule has 0 heterocycles. The van der Waals surface area contributed by atoms with Crippen LogP contribution in [-0.4, -0.2) is 58.6 Å². The summed E-state index contributed by atoms with van der Waals surface area (Å²) in [5.74, 6) is -55.2. The first-order valence-electron chi connectivity index (χ1n) is 5.92. The van der Waals surface area contributed by atoms with Gasteiger partial charge in [-0.15, -0.1) is 0 Å². The number of alkyl halides is 15. The average Bonchev–Trinajstić information content (AvgIpc) is 2.43. The highest BCUT2D eigenvalue weighted by Gasteiger charge is 2.93. The monoisotopic (exact) mass is 456 g/mol. The molecule has 0 fully saturated rings. The summed E-state index contributed by atoms with van der Waals surface area (Å²) in [6.07, 6.45) is -10.5. The van der Waals surface area contributed by atoms with Gasteiger partial charge in [0.05, 0.1) is 0 Å². The van der Waals surface area contributed by atoms with Crippen molar-refractivity contribution in [2.75, 3.05) is 0 Å². The fraction of sp³-hybridized carbons (Fsp3) is 0.800. The minimum atomic E-state index is -8.52. The Morgan fingerprint density at radius 3 is 1.11 bits per heavy atom. The van der Waals surface area contributed by atoms with Crippen molar-refractivity contribution in [1.29, 1.82) is 0 Å². The van der Waals surface area contributed by atoms with E-state index in [-0.39, 0.29) is 0 Å². The molecule has 3 nitrogen and oxygen atoms in total. The van der Waals surface area contributed by atoms with Gasteiger partial charge in [-0.25, -0.2) is 0 Å². The van der Waals surface area contributed by atoms with Gasteiger partial charge in [0.25, 0.3) is 0 Å². The molecule has 28 heavy (non-hydrogen) atoms. The number of carbonyl (C=O) groups excluding carboxylic acids is 1. The first-order chi connectivity index (χ1) is 11.8. The van der Waals surface area contributed by atoms with Crippen LogP contribution in [0.1, 0.15) is 6.42 Å². The zero-order chi connectivity index (χ0) is 23.4. The SMILES string of the molecule is O=C(O)CC(=O)C(F)(F)C(F)(F)C(F)(F)C(F)(F)C(F)(F)C(F)(F)C(F)(F)F. The number of Topliss-reactive ketones (excluding diaryl/α,β-unsaturated/α-hetero) is 1. The molecule has 18 heteroatoms. The lowest BCUT2D eigenvalue weighted by Crippen LogP contribution is -2.73. The standard InChI is InChI=1S/C10H3F15O3/c11-4(12,2(26)1-3(27)28)5(13,14)6(15,16)7(17,18)8(19,20)9(21,22)10(23,24)25/h1H2,(H,27,28). The summed E-state index contributed by atoms with van der Waals surface area (Å²) in [6.45, 7) is 0. The normalized spacial score (nSPS) is 15.5. The Balaban J connectivity index is 6.55. The summed E-state index contributed by atoms with van der Waals surface area (Å²) in [5.41, 5.74) is 0. The Hall–Kier alpha value is -1.91. The van der Waals surface area contributed by atoms with E-state index in [1.165, 1.54) is 0 Å². The van der Waals surface area contributed by atoms with Gasteiger partial charge in [0.1, 0.15) is 6.42 Å². The lowest BCUT2D eigenvalue weighted by molar-refractivity contribution is -0.449. The van der Waals surface area contributed by atoms with Crippen molar-refractivity contribution in [3.63, 3.8) is 0 Å². The number of carboxylic acid groups (broad SMARTS) is 1. The summed E-state index contributed by atoms with van der Waals surface area (Å²) in [4.78, 5) is 20.5. The maximum Gasteiger partial charge on any atom is 0.460 e. The number of carboxylic acids is 1. The van der Waals surface area contributed by atoms with Gasteiger partial charge in [0.2, 0.25) is 5.78 Å². The third kappa shape index (κ3) is 3.33. The van der Waals surface area contributed by atoms with Crippen molar-refractivity contribution < 1.29 is 80.6 Å². The summed E-state index contributed by atoms with van der Waals surface area (Å²) in [7, 11) is 0. The topological polar surface area (TPSA) is 54.4 Å². The summed E-state index contributed by atoms with van der Waals surface area (Å²) >= 11 is 0. The van der Waals surface area contributed by atoms with E-state index in [1.54, 1.807) is 0 Å². The van der Waals surface area contributed by atoms with E-state index in [0.717, 1.165) is 0 Å². The maximum atomic E-state index is 13.1. The Kier molecular flexibility index (Phi) is 6.12. The molecule has 0 aliphatic carbocycles. The minimum Gasteiger partial charge on any atom is -0.481 e. The highest BCUT2D eigenvalue weighted by Crippen LogP contribution is 2.62. The molecule has 0 aromatic rings. The maximum absolute atomic E-state index is 13.1. The van der Waals surface area contributed by atoms with E-state index in [9.17, 15) is 75.4 Å². The number of carbonyl (C=O) groups is 2. The lowest BCUT2D eigenvalue weighted by Gasteiger charge is -2.41. The number of rotatable bonds is 8. The van der Waals surface area contributed by atoms with E-state index in [1.807, 2.05) is 0 Å². The third-order valence-electron chi connectivity index (χ3n) is 2.99. The average molecular weight is 456 g/mol. The van der Waals surface area contributed by atoms with Gasteiger partial charge in [-0.05, 0) is 0 Å². The van der Waals surface area contributed by atoms with Gasteiger partial charge in [-0.3, -0.25) is 9.59 Å². The Bertz CT molecular complexity index is 632. The molecular weight excluding hydrogens is 453 g/mol. The largest absolute Gasteiger partial charge is 0.481 e. The van der Waals surface area contributed by atoms with Crippen LogP contribution < -0.4 is 0 Å². The molecule has 0 saturated heterocycles. The second kappa shape index (κ2) is 6.57. The van der Waals surface area contributed by atoms with E-state index in [0.29, 0.717) is 0 Å². The molecule has 0 radical (unpaired) electrons. The second-order valence-corrected chi connectivity index (χ2v) is 4.94. The smallest absolute Gasteiger partial charge is 0.460 e. The van der Waals surface area contributed by atoms with Crippen LogP contribution in [-0.2, 0) is 9.59 Å². The molecule has 0 rings (SSSR count). The Morgan fingerprint density at radius 2 is 0.821 bits per heavy atom. The van der Waals surface area contributed by atoms with Crippen molar-refractivity contribution in [2.45, 2.75) is 48.1 Å². The highest BCUT2D eigenvalue weighted by atomic mass is 19.4. The van der Waals surface area contributed by atoms with Gasteiger partial charge in [-0.1, -0.05) is 0 Å². The molecule has 0 unspecified atom stereocenters. The fourth-order valence-electron chi connectivity index (χ4n) is 1.39. The van der Waals surface area contributed by atoms with Gasteiger partial charge in [0, 0.05) is 0 Å². The number of aliphatic carboxylic acids is 1. The molecule has 1 N–H and O–H groups in total. The highest BCUT2D eigenvalue weighted by molar-refractivity contribution is 5.99. The van der Waals surface area contributed by atoms with E-state index >= 15 is 0 Å². The van der Waals surface area contributed by atoms with Crippen LogP contribution in [0.3, 0.4) is 0 Å². The van der Waals surface area contributed by atoms with Crippen LogP contribution in [0.2, 0.25) is 0 Å².